The van der Waals surface area contributed by atoms with Crippen LogP contribution in [0.2, 0.25) is 0 Å². The monoisotopic (exact) mass is 346 g/mol. The van der Waals surface area contributed by atoms with Crippen molar-refractivity contribution in [3.05, 3.63) is 30.0 Å². The standard InChI is InChI=1S/C18H22N2O5/c1-25-12-5-6-15-13(9-12)14(10-20(15)11-16(21)22)17(18(23)24)19-7-3-2-4-8-19/h5-6,9-10,17H,2-4,7-8,11H2,1H3,(H,21,22)(H,23,24). The van der Waals surface area contributed by atoms with E-state index in [-0.39, 0.29) is 6.54 Å². The zero-order valence-corrected chi connectivity index (χ0v) is 14.1. The van der Waals surface area contributed by atoms with Gasteiger partial charge in [0.2, 0.25) is 0 Å². The lowest BCUT2D eigenvalue weighted by Gasteiger charge is -2.31. The van der Waals surface area contributed by atoms with Gasteiger partial charge < -0.3 is 19.5 Å². The largest absolute Gasteiger partial charge is 0.497 e. The van der Waals surface area contributed by atoms with E-state index in [1.165, 1.54) is 0 Å². The van der Waals surface area contributed by atoms with Gasteiger partial charge in [-0.05, 0) is 44.1 Å². The summed E-state index contributed by atoms with van der Waals surface area (Å²) in [5.74, 6) is -1.27. The zero-order chi connectivity index (χ0) is 18.0. The molecule has 1 atom stereocenters. The van der Waals surface area contributed by atoms with Gasteiger partial charge in [0.1, 0.15) is 18.3 Å². The van der Waals surface area contributed by atoms with Crippen molar-refractivity contribution in [1.29, 1.82) is 0 Å². The van der Waals surface area contributed by atoms with E-state index in [1.54, 1.807) is 36.1 Å². The number of benzene rings is 1. The number of ether oxygens (including phenoxy) is 1. The molecule has 25 heavy (non-hydrogen) atoms. The third-order valence-electron chi connectivity index (χ3n) is 4.71. The molecule has 0 amide bonds. The molecule has 3 rings (SSSR count). The van der Waals surface area contributed by atoms with E-state index >= 15 is 0 Å². The normalized spacial score (nSPS) is 16.7. The second-order valence-electron chi connectivity index (χ2n) is 6.33. The van der Waals surface area contributed by atoms with Gasteiger partial charge in [-0.1, -0.05) is 6.42 Å². The van der Waals surface area contributed by atoms with Gasteiger partial charge in [-0.25, -0.2) is 0 Å². The summed E-state index contributed by atoms with van der Waals surface area (Å²) in [5.41, 5.74) is 1.31. The summed E-state index contributed by atoms with van der Waals surface area (Å²) in [6, 6.07) is 4.52. The fraction of sp³-hybridized carbons (Fsp3) is 0.444. The fourth-order valence-electron chi connectivity index (χ4n) is 3.59. The first-order valence-corrected chi connectivity index (χ1v) is 8.36. The topological polar surface area (TPSA) is 92.0 Å². The molecule has 1 fully saturated rings. The van der Waals surface area contributed by atoms with Crippen LogP contribution in [0.15, 0.2) is 24.4 Å². The van der Waals surface area contributed by atoms with Crippen molar-refractivity contribution in [1.82, 2.24) is 9.47 Å². The molecule has 1 aromatic heterocycles. The van der Waals surface area contributed by atoms with Crippen LogP contribution < -0.4 is 4.74 Å². The van der Waals surface area contributed by atoms with Crippen LogP contribution in [0, 0.1) is 0 Å². The number of fused-ring (bicyclic) bond motifs is 1. The number of carbonyl (C=O) groups is 2. The number of aromatic nitrogens is 1. The Morgan fingerprint density at radius 2 is 1.92 bits per heavy atom. The van der Waals surface area contributed by atoms with Crippen molar-refractivity contribution in [2.24, 2.45) is 0 Å². The molecule has 2 aromatic rings. The minimum absolute atomic E-state index is 0.213. The number of nitrogens with zero attached hydrogens (tertiary/aromatic N) is 2. The van der Waals surface area contributed by atoms with E-state index in [0.29, 0.717) is 16.8 Å². The quantitative estimate of drug-likeness (QED) is 0.834. The van der Waals surface area contributed by atoms with E-state index in [4.69, 9.17) is 9.84 Å². The van der Waals surface area contributed by atoms with Crippen LogP contribution >= 0.6 is 0 Å². The Labute approximate surface area is 145 Å². The van der Waals surface area contributed by atoms with Crippen molar-refractivity contribution in [2.75, 3.05) is 20.2 Å². The molecule has 2 heterocycles. The van der Waals surface area contributed by atoms with Crippen molar-refractivity contribution in [3.63, 3.8) is 0 Å². The maximum atomic E-state index is 12.0. The molecule has 0 saturated carbocycles. The average molecular weight is 346 g/mol. The molecule has 0 spiro atoms. The SMILES string of the molecule is COc1ccc2c(c1)c(C(C(=O)O)N1CCCCC1)cn2CC(=O)O. The van der Waals surface area contributed by atoms with E-state index < -0.39 is 18.0 Å². The van der Waals surface area contributed by atoms with Crippen molar-refractivity contribution in [3.8, 4) is 5.75 Å². The van der Waals surface area contributed by atoms with Crippen molar-refractivity contribution in [2.45, 2.75) is 31.8 Å². The summed E-state index contributed by atoms with van der Waals surface area (Å²) in [6.45, 7) is 1.24. The fourth-order valence-corrected chi connectivity index (χ4v) is 3.59. The summed E-state index contributed by atoms with van der Waals surface area (Å²) < 4.78 is 6.86. The molecule has 2 N–H and O–H groups in total. The zero-order valence-electron chi connectivity index (χ0n) is 14.1. The maximum absolute atomic E-state index is 12.0. The Bertz CT molecular complexity index is 792. The lowest BCUT2D eigenvalue weighted by atomic mass is 10.0. The number of rotatable bonds is 6. The van der Waals surface area contributed by atoms with Crippen LogP contribution in [0.25, 0.3) is 10.9 Å². The highest BCUT2D eigenvalue weighted by Gasteiger charge is 2.31. The molecule has 1 saturated heterocycles. The van der Waals surface area contributed by atoms with Crippen LogP contribution in [0.4, 0.5) is 0 Å². The number of piperidine rings is 1. The number of methoxy groups -OCH3 is 1. The second-order valence-corrected chi connectivity index (χ2v) is 6.33. The highest BCUT2D eigenvalue weighted by Crippen LogP contribution is 2.34. The second kappa shape index (κ2) is 7.14. The lowest BCUT2D eigenvalue weighted by Crippen LogP contribution is -2.37. The molecule has 134 valence electrons. The molecule has 7 heteroatoms. The minimum Gasteiger partial charge on any atom is -0.497 e. The van der Waals surface area contributed by atoms with Crippen LogP contribution in [-0.2, 0) is 16.1 Å². The predicted molar refractivity (Wildman–Crippen MR) is 91.9 cm³/mol. The first kappa shape index (κ1) is 17.3. The third kappa shape index (κ3) is 3.46. The number of aliphatic carboxylic acids is 2. The van der Waals surface area contributed by atoms with Gasteiger partial charge in [-0.3, -0.25) is 14.5 Å². The van der Waals surface area contributed by atoms with Crippen molar-refractivity contribution < 1.29 is 24.5 Å². The number of hydrogen-bond donors (Lipinski definition) is 2. The first-order valence-electron chi connectivity index (χ1n) is 8.36. The molecule has 0 bridgehead atoms. The summed E-state index contributed by atoms with van der Waals surface area (Å²) in [5, 5.41) is 19.7. The van der Waals surface area contributed by atoms with Gasteiger partial charge >= 0.3 is 11.9 Å². The number of carboxylic acid groups (broad SMARTS) is 2. The Morgan fingerprint density at radius 3 is 2.52 bits per heavy atom. The van der Waals surface area contributed by atoms with Crippen molar-refractivity contribution >= 4 is 22.8 Å². The Kier molecular flexibility index (Phi) is 4.94. The van der Waals surface area contributed by atoms with Gasteiger partial charge in [0.25, 0.3) is 0 Å². The first-order chi connectivity index (χ1) is 12.0. The van der Waals surface area contributed by atoms with Gasteiger partial charge in [0.15, 0.2) is 0 Å². The van der Waals surface area contributed by atoms with Crippen LogP contribution in [0.3, 0.4) is 0 Å². The van der Waals surface area contributed by atoms with E-state index in [2.05, 4.69) is 0 Å². The molecule has 7 nitrogen and oxygen atoms in total. The van der Waals surface area contributed by atoms with Gasteiger partial charge in [0.05, 0.1) is 7.11 Å². The smallest absolute Gasteiger partial charge is 0.325 e. The lowest BCUT2D eigenvalue weighted by molar-refractivity contribution is -0.144. The Hall–Kier alpha value is -2.54. The summed E-state index contributed by atoms with van der Waals surface area (Å²) in [6.07, 6.45) is 4.71. The Morgan fingerprint density at radius 1 is 1.20 bits per heavy atom. The van der Waals surface area contributed by atoms with Crippen LogP contribution in [0.1, 0.15) is 30.9 Å². The molecule has 0 aliphatic carbocycles. The molecule has 1 aliphatic rings. The third-order valence-corrected chi connectivity index (χ3v) is 4.71. The Balaban J connectivity index is 2.14. The van der Waals surface area contributed by atoms with E-state index in [1.807, 2.05) is 4.90 Å². The van der Waals surface area contributed by atoms with E-state index in [0.717, 1.165) is 37.7 Å². The molecule has 0 radical (unpaired) electrons. The van der Waals surface area contributed by atoms with Gasteiger partial charge in [-0.15, -0.1) is 0 Å². The molecule has 1 aromatic carbocycles. The summed E-state index contributed by atoms with van der Waals surface area (Å²) >= 11 is 0. The number of carboxylic acids is 2. The van der Waals surface area contributed by atoms with Gasteiger partial charge in [-0.2, -0.15) is 0 Å². The summed E-state index contributed by atoms with van der Waals surface area (Å²) in [7, 11) is 1.55. The predicted octanol–water partition coefficient (Wildman–Crippen LogP) is 2.35. The minimum atomic E-state index is -0.968. The number of hydrogen-bond acceptors (Lipinski definition) is 4. The van der Waals surface area contributed by atoms with E-state index in [9.17, 15) is 14.7 Å². The van der Waals surface area contributed by atoms with Gasteiger partial charge in [0, 0.05) is 22.7 Å². The summed E-state index contributed by atoms with van der Waals surface area (Å²) in [4.78, 5) is 25.2. The number of likely N-dealkylation sites (tertiary alicyclic amines) is 1. The van der Waals surface area contributed by atoms with Crippen LogP contribution in [-0.4, -0.2) is 51.8 Å². The highest BCUT2D eigenvalue weighted by molar-refractivity contribution is 5.91. The molecular formula is C18H22N2O5. The highest BCUT2D eigenvalue weighted by atomic mass is 16.5. The molecular weight excluding hydrogens is 324 g/mol. The molecule has 1 aliphatic heterocycles. The molecule has 1 unspecified atom stereocenters. The maximum Gasteiger partial charge on any atom is 0.325 e. The van der Waals surface area contributed by atoms with Crippen LogP contribution in [0.5, 0.6) is 5.75 Å². The average Bonchev–Trinajstić information content (AvgIpc) is 2.92.